The molecule has 0 aliphatic carbocycles. The number of nitrogen functional groups attached to an aromatic ring is 1. The molecule has 0 aliphatic heterocycles. The van der Waals surface area contributed by atoms with E-state index in [4.69, 9.17) is 5.73 Å². The molecule has 0 saturated carbocycles. The third kappa shape index (κ3) is 2.73. The Hall–Kier alpha value is -1.34. The van der Waals surface area contributed by atoms with Crippen LogP contribution >= 0.6 is 31.9 Å². The van der Waals surface area contributed by atoms with Crippen molar-refractivity contribution in [2.45, 2.75) is 0 Å². The Morgan fingerprint density at radius 3 is 2.50 bits per heavy atom. The fourth-order valence-electron chi connectivity index (χ4n) is 1.43. The number of aromatic nitrogens is 2. The Morgan fingerprint density at radius 1 is 1.39 bits per heavy atom. The van der Waals surface area contributed by atoms with Gasteiger partial charge < -0.3 is 11.1 Å². The number of anilines is 2. The summed E-state index contributed by atoms with van der Waals surface area (Å²) in [6, 6.07) is 5.09. The van der Waals surface area contributed by atoms with E-state index in [2.05, 4.69) is 42.3 Å². The van der Waals surface area contributed by atoms with Crippen LogP contribution in [-0.2, 0) is 7.05 Å². The van der Waals surface area contributed by atoms with Gasteiger partial charge in [-0.15, -0.1) is 0 Å². The summed E-state index contributed by atoms with van der Waals surface area (Å²) in [4.78, 5) is 12.0. The Balaban J connectivity index is 2.27. The summed E-state index contributed by atoms with van der Waals surface area (Å²) in [7, 11) is 1.76. The van der Waals surface area contributed by atoms with Gasteiger partial charge in [-0.05, 0) is 50.1 Å². The highest BCUT2D eigenvalue weighted by atomic mass is 79.9. The van der Waals surface area contributed by atoms with E-state index >= 15 is 0 Å². The predicted molar refractivity (Wildman–Crippen MR) is 77.4 cm³/mol. The van der Waals surface area contributed by atoms with Gasteiger partial charge in [0.05, 0.1) is 5.69 Å². The molecule has 0 fully saturated rings. The minimum atomic E-state index is -0.276. The second-order valence-corrected chi connectivity index (χ2v) is 5.40. The molecule has 18 heavy (non-hydrogen) atoms. The van der Waals surface area contributed by atoms with Crippen molar-refractivity contribution < 1.29 is 4.79 Å². The van der Waals surface area contributed by atoms with Crippen LogP contribution in [0.5, 0.6) is 0 Å². The van der Waals surface area contributed by atoms with Crippen molar-refractivity contribution in [2.24, 2.45) is 7.05 Å². The number of benzene rings is 1. The summed E-state index contributed by atoms with van der Waals surface area (Å²) in [6.45, 7) is 0. The van der Waals surface area contributed by atoms with E-state index in [1.807, 2.05) is 0 Å². The predicted octanol–water partition coefficient (Wildman–Crippen LogP) is 2.78. The van der Waals surface area contributed by atoms with Gasteiger partial charge >= 0.3 is 0 Å². The molecule has 0 atom stereocenters. The summed E-state index contributed by atoms with van der Waals surface area (Å²) in [5, 5.41) is 6.80. The molecule has 0 aliphatic rings. The summed E-state index contributed by atoms with van der Waals surface area (Å²) in [5.41, 5.74) is 7.27. The summed E-state index contributed by atoms with van der Waals surface area (Å²) in [5.74, 6) is -0.276. The van der Waals surface area contributed by atoms with Crippen LogP contribution in [0.2, 0.25) is 0 Å². The molecule has 0 bridgehead atoms. The van der Waals surface area contributed by atoms with Gasteiger partial charge in [0.15, 0.2) is 5.69 Å². The lowest BCUT2D eigenvalue weighted by Crippen LogP contribution is -2.14. The Labute approximate surface area is 121 Å². The number of nitrogens with one attached hydrogen (secondary N) is 1. The van der Waals surface area contributed by atoms with Gasteiger partial charge in [-0.1, -0.05) is 0 Å². The van der Waals surface area contributed by atoms with Crippen molar-refractivity contribution in [3.63, 3.8) is 0 Å². The highest BCUT2D eigenvalue weighted by Crippen LogP contribution is 2.33. The molecule has 0 saturated heterocycles. The molecule has 0 radical (unpaired) electrons. The topological polar surface area (TPSA) is 72.9 Å². The molecule has 1 aromatic heterocycles. The number of hydrogen-bond donors (Lipinski definition) is 2. The molecule has 0 unspecified atom stereocenters. The van der Waals surface area contributed by atoms with Gasteiger partial charge in [-0.25, -0.2) is 0 Å². The van der Waals surface area contributed by atoms with Crippen molar-refractivity contribution in [1.29, 1.82) is 0 Å². The van der Waals surface area contributed by atoms with Crippen molar-refractivity contribution in [3.8, 4) is 0 Å². The van der Waals surface area contributed by atoms with Crippen molar-refractivity contribution >= 4 is 49.1 Å². The fourth-order valence-corrected chi connectivity index (χ4v) is 2.85. The number of nitrogens with zero attached hydrogens (tertiary/aromatic N) is 2. The Morgan fingerprint density at radius 2 is 2.00 bits per heavy atom. The van der Waals surface area contributed by atoms with Crippen LogP contribution in [0, 0.1) is 0 Å². The first-order chi connectivity index (χ1) is 8.47. The Bertz CT molecular complexity index is 586. The lowest BCUT2D eigenvalue weighted by Gasteiger charge is -2.09. The van der Waals surface area contributed by atoms with E-state index < -0.39 is 0 Å². The van der Waals surface area contributed by atoms with Gasteiger partial charge in [0.25, 0.3) is 5.91 Å². The maximum atomic E-state index is 12.0. The largest absolute Gasteiger partial charge is 0.399 e. The lowest BCUT2D eigenvalue weighted by atomic mass is 10.2. The zero-order valence-electron chi connectivity index (χ0n) is 9.45. The highest BCUT2D eigenvalue weighted by molar-refractivity contribution is 9.11. The second kappa shape index (κ2) is 5.11. The third-order valence-electron chi connectivity index (χ3n) is 2.25. The number of aryl methyl sites for hydroxylation is 1. The van der Waals surface area contributed by atoms with Crippen molar-refractivity contribution in [2.75, 3.05) is 11.1 Å². The molecule has 5 nitrogen and oxygen atoms in total. The van der Waals surface area contributed by atoms with Gasteiger partial charge in [-0.3, -0.25) is 9.48 Å². The first-order valence-electron chi connectivity index (χ1n) is 5.03. The standard InChI is InChI=1S/C11H10Br2N4O/c1-17-3-2-9(16-17)11(18)15-10-7(12)4-6(14)5-8(10)13/h2-5H,14H2,1H3,(H,15,18). The van der Waals surface area contributed by atoms with Crippen LogP contribution in [-0.4, -0.2) is 15.7 Å². The maximum absolute atomic E-state index is 12.0. The van der Waals surface area contributed by atoms with E-state index in [9.17, 15) is 4.79 Å². The minimum absolute atomic E-state index is 0.276. The van der Waals surface area contributed by atoms with E-state index in [0.717, 1.165) is 0 Å². The van der Waals surface area contributed by atoms with Crippen LogP contribution in [0.3, 0.4) is 0 Å². The first kappa shape index (κ1) is 13.1. The van der Waals surface area contributed by atoms with Crippen LogP contribution in [0.15, 0.2) is 33.3 Å². The number of hydrogen-bond acceptors (Lipinski definition) is 3. The zero-order chi connectivity index (χ0) is 13.3. The molecule has 1 amide bonds. The average molecular weight is 374 g/mol. The smallest absolute Gasteiger partial charge is 0.276 e. The number of amides is 1. The average Bonchev–Trinajstić information content (AvgIpc) is 2.70. The van der Waals surface area contributed by atoms with E-state index in [0.29, 0.717) is 26.0 Å². The van der Waals surface area contributed by atoms with Crippen LogP contribution in [0.25, 0.3) is 0 Å². The van der Waals surface area contributed by atoms with Crippen LogP contribution in [0.1, 0.15) is 10.5 Å². The van der Waals surface area contributed by atoms with Gasteiger partial charge in [0.2, 0.25) is 0 Å². The molecule has 1 aromatic carbocycles. The maximum Gasteiger partial charge on any atom is 0.276 e. The van der Waals surface area contributed by atoms with E-state index in [1.54, 1.807) is 36.1 Å². The van der Waals surface area contributed by atoms with E-state index in [1.165, 1.54) is 0 Å². The van der Waals surface area contributed by atoms with Crippen molar-refractivity contribution in [1.82, 2.24) is 9.78 Å². The molecule has 2 aromatic rings. The summed E-state index contributed by atoms with van der Waals surface area (Å²) >= 11 is 6.71. The second-order valence-electron chi connectivity index (χ2n) is 3.69. The summed E-state index contributed by atoms with van der Waals surface area (Å²) < 4.78 is 2.99. The minimum Gasteiger partial charge on any atom is -0.399 e. The normalized spacial score (nSPS) is 10.4. The first-order valence-corrected chi connectivity index (χ1v) is 6.61. The summed E-state index contributed by atoms with van der Waals surface area (Å²) in [6.07, 6.45) is 1.71. The van der Waals surface area contributed by atoms with Gasteiger partial charge in [-0.2, -0.15) is 5.10 Å². The fraction of sp³-hybridized carbons (Fsp3) is 0.0909. The quantitative estimate of drug-likeness (QED) is 0.795. The third-order valence-corrected chi connectivity index (χ3v) is 3.50. The lowest BCUT2D eigenvalue weighted by molar-refractivity contribution is 0.102. The monoisotopic (exact) mass is 372 g/mol. The van der Waals surface area contributed by atoms with Crippen molar-refractivity contribution in [3.05, 3.63) is 39.0 Å². The van der Waals surface area contributed by atoms with Gasteiger partial charge in [0.1, 0.15) is 0 Å². The van der Waals surface area contributed by atoms with E-state index in [-0.39, 0.29) is 5.91 Å². The molecular formula is C11H10Br2N4O. The van der Waals surface area contributed by atoms with Crippen LogP contribution < -0.4 is 11.1 Å². The molecular weight excluding hydrogens is 364 g/mol. The molecule has 2 rings (SSSR count). The molecule has 7 heteroatoms. The SMILES string of the molecule is Cn1ccc(C(=O)Nc2c(Br)cc(N)cc2Br)n1. The van der Waals surface area contributed by atoms with Gasteiger partial charge in [0, 0.05) is 27.9 Å². The number of nitrogens with two attached hydrogens (primary N) is 1. The number of rotatable bonds is 2. The number of carbonyl (C=O) groups excluding carboxylic acids is 1. The highest BCUT2D eigenvalue weighted by Gasteiger charge is 2.13. The Kier molecular flexibility index (Phi) is 3.72. The molecule has 0 spiro atoms. The molecule has 1 heterocycles. The molecule has 3 N–H and O–H groups in total. The number of carbonyl (C=O) groups is 1. The zero-order valence-corrected chi connectivity index (χ0v) is 12.6. The van der Waals surface area contributed by atoms with Crippen LogP contribution in [0.4, 0.5) is 11.4 Å². The molecule has 94 valence electrons. The number of halogens is 2.